The number of hydrogen-bond acceptors (Lipinski definition) is 4. The Balaban J connectivity index is 1.95. The second kappa shape index (κ2) is 6.75. The number of allylic oxidation sites excluding steroid dienone is 1. The molecule has 0 aliphatic heterocycles. The van der Waals surface area contributed by atoms with Crippen LogP contribution in [0.1, 0.15) is 30.0 Å². The Hall–Kier alpha value is -2.47. The van der Waals surface area contributed by atoms with Gasteiger partial charge in [-0.1, -0.05) is 12.1 Å². The SMILES string of the molecule is Cn1nccc1/C=C(\CCCC(=O)O)c1nc2ccccc2s1. The Morgan fingerprint density at radius 2 is 2.13 bits per heavy atom. The molecule has 3 aromatic rings. The summed E-state index contributed by atoms with van der Waals surface area (Å²) in [6.07, 6.45) is 5.23. The Morgan fingerprint density at radius 3 is 2.83 bits per heavy atom. The van der Waals surface area contributed by atoms with E-state index < -0.39 is 5.97 Å². The molecule has 3 rings (SSSR count). The lowest BCUT2D eigenvalue weighted by atomic mass is 10.1. The van der Waals surface area contributed by atoms with Gasteiger partial charge in [0.1, 0.15) is 5.01 Å². The molecule has 0 fully saturated rings. The van der Waals surface area contributed by atoms with E-state index >= 15 is 0 Å². The van der Waals surface area contributed by atoms with Gasteiger partial charge < -0.3 is 5.11 Å². The molecule has 0 saturated carbocycles. The van der Waals surface area contributed by atoms with Crippen molar-refractivity contribution < 1.29 is 9.90 Å². The highest BCUT2D eigenvalue weighted by molar-refractivity contribution is 7.19. The highest BCUT2D eigenvalue weighted by Crippen LogP contribution is 2.31. The van der Waals surface area contributed by atoms with Gasteiger partial charge in [0.2, 0.25) is 0 Å². The van der Waals surface area contributed by atoms with Crippen LogP contribution >= 0.6 is 11.3 Å². The predicted octanol–water partition coefficient (Wildman–Crippen LogP) is 3.83. The quantitative estimate of drug-likeness (QED) is 0.747. The number of carboxylic acid groups (broad SMARTS) is 1. The summed E-state index contributed by atoms with van der Waals surface area (Å²) in [6, 6.07) is 9.95. The molecule has 6 heteroatoms. The van der Waals surface area contributed by atoms with Crippen LogP contribution in [0, 0.1) is 0 Å². The van der Waals surface area contributed by atoms with Crippen molar-refractivity contribution in [2.24, 2.45) is 7.05 Å². The molecule has 2 aromatic heterocycles. The number of carbonyl (C=O) groups is 1. The van der Waals surface area contributed by atoms with Crippen LogP contribution in [0.15, 0.2) is 36.5 Å². The summed E-state index contributed by atoms with van der Waals surface area (Å²) in [5, 5.41) is 14.0. The molecule has 0 spiro atoms. The molecule has 0 aliphatic carbocycles. The summed E-state index contributed by atoms with van der Waals surface area (Å²) in [5.41, 5.74) is 3.01. The summed E-state index contributed by atoms with van der Waals surface area (Å²) in [7, 11) is 1.89. The summed E-state index contributed by atoms with van der Waals surface area (Å²) in [4.78, 5) is 15.5. The monoisotopic (exact) mass is 327 g/mol. The van der Waals surface area contributed by atoms with Gasteiger partial charge >= 0.3 is 5.97 Å². The van der Waals surface area contributed by atoms with Crippen LogP contribution in [0.3, 0.4) is 0 Å². The number of aliphatic carboxylic acids is 1. The molecule has 1 N–H and O–H groups in total. The molecule has 0 amide bonds. The lowest BCUT2D eigenvalue weighted by Gasteiger charge is -2.04. The molecule has 2 heterocycles. The number of nitrogens with zero attached hydrogens (tertiary/aromatic N) is 3. The highest BCUT2D eigenvalue weighted by atomic mass is 32.1. The number of rotatable bonds is 6. The fraction of sp³-hybridized carbons (Fsp3) is 0.235. The van der Waals surface area contributed by atoms with Crippen molar-refractivity contribution in [2.45, 2.75) is 19.3 Å². The summed E-state index contributed by atoms with van der Waals surface area (Å²) in [5.74, 6) is -0.769. The minimum absolute atomic E-state index is 0.160. The number of para-hydroxylation sites is 1. The zero-order valence-corrected chi connectivity index (χ0v) is 13.6. The third kappa shape index (κ3) is 3.65. The molecule has 118 valence electrons. The Labute approximate surface area is 137 Å². The van der Waals surface area contributed by atoms with E-state index in [-0.39, 0.29) is 6.42 Å². The summed E-state index contributed by atoms with van der Waals surface area (Å²) < 4.78 is 2.93. The normalized spacial score (nSPS) is 12.0. The number of thiazole rings is 1. The molecular formula is C17H17N3O2S. The largest absolute Gasteiger partial charge is 0.481 e. The van der Waals surface area contributed by atoms with Crippen molar-refractivity contribution in [3.05, 3.63) is 47.2 Å². The maximum absolute atomic E-state index is 10.8. The first-order valence-corrected chi connectivity index (χ1v) is 8.21. The molecular weight excluding hydrogens is 310 g/mol. The van der Waals surface area contributed by atoms with E-state index in [2.05, 4.69) is 11.2 Å². The third-order valence-electron chi connectivity index (χ3n) is 3.59. The fourth-order valence-corrected chi connectivity index (χ4v) is 3.39. The van der Waals surface area contributed by atoms with Gasteiger partial charge in [-0.2, -0.15) is 5.10 Å². The average Bonchev–Trinajstić information content (AvgIpc) is 3.12. The lowest BCUT2D eigenvalue weighted by molar-refractivity contribution is -0.137. The van der Waals surface area contributed by atoms with E-state index in [0.29, 0.717) is 12.8 Å². The van der Waals surface area contributed by atoms with Crippen molar-refractivity contribution in [1.29, 1.82) is 0 Å². The van der Waals surface area contributed by atoms with Gasteiger partial charge in [0, 0.05) is 19.7 Å². The first-order chi connectivity index (χ1) is 11.1. The zero-order valence-electron chi connectivity index (χ0n) is 12.8. The van der Waals surface area contributed by atoms with Crippen LogP contribution in [-0.4, -0.2) is 25.8 Å². The molecule has 5 nitrogen and oxygen atoms in total. The molecule has 0 aliphatic rings. The zero-order chi connectivity index (χ0) is 16.2. The van der Waals surface area contributed by atoms with E-state index in [1.54, 1.807) is 22.2 Å². The number of carboxylic acids is 1. The van der Waals surface area contributed by atoms with Gasteiger partial charge in [-0.3, -0.25) is 9.48 Å². The van der Waals surface area contributed by atoms with Crippen LogP contribution in [0.5, 0.6) is 0 Å². The van der Waals surface area contributed by atoms with Gasteiger partial charge in [0.05, 0.1) is 15.9 Å². The van der Waals surface area contributed by atoms with E-state index in [0.717, 1.165) is 26.5 Å². The molecule has 23 heavy (non-hydrogen) atoms. The number of fused-ring (bicyclic) bond motifs is 1. The van der Waals surface area contributed by atoms with Gasteiger partial charge in [-0.15, -0.1) is 11.3 Å². The first-order valence-electron chi connectivity index (χ1n) is 7.40. The highest BCUT2D eigenvalue weighted by Gasteiger charge is 2.11. The summed E-state index contributed by atoms with van der Waals surface area (Å²) in [6.45, 7) is 0. The van der Waals surface area contributed by atoms with Gasteiger partial charge in [-0.05, 0) is 42.7 Å². The van der Waals surface area contributed by atoms with Crippen LogP contribution in [0.25, 0.3) is 21.9 Å². The van der Waals surface area contributed by atoms with Crippen LogP contribution in [-0.2, 0) is 11.8 Å². The van der Waals surface area contributed by atoms with Crippen LogP contribution in [0.4, 0.5) is 0 Å². The van der Waals surface area contributed by atoms with Crippen LogP contribution < -0.4 is 0 Å². The molecule has 0 atom stereocenters. The maximum Gasteiger partial charge on any atom is 0.303 e. The summed E-state index contributed by atoms with van der Waals surface area (Å²) >= 11 is 1.64. The Morgan fingerprint density at radius 1 is 1.30 bits per heavy atom. The third-order valence-corrected chi connectivity index (χ3v) is 4.70. The van der Waals surface area contributed by atoms with Gasteiger partial charge in [0.15, 0.2) is 0 Å². The Kier molecular flexibility index (Phi) is 4.52. The predicted molar refractivity (Wildman–Crippen MR) is 92.2 cm³/mol. The minimum Gasteiger partial charge on any atom is -0.481 e. The molecule has 0 saturated heterocycles. The smallest absolute Gasteiger partial charge is 0.303 e. The molecule has 0 bridgehead atoms. The average molecular weight is 327 g/mol. The topological polar surface area (TPSA) is 68.0 Å². The first kappa shape index (κ1) is 15.4. The molecule has 1 aromatic carbocycles. The van der Waals surface area contributed by atoms with E-state index in [1.807, 2.05) is 37.4 Å². The number of aryl methyl sites for hydroxylation is 1. The maximum atomic E-state index is 10.8. The number of benzene rings is 1. The van der Waals surface area contributed by atoms with Crippen molar-refractivity contribution in [3.63, 3.8) is 0 Å². The van der Waals surface area contributed by atoms with Crippen LogP contribution in [0.2, 0.25) is 0 Å². The molecule has 0 unspecified atom stereocenters. The fourth-order valence-electron chi connectivity index (χ4n) is 2.38. The van der Waals surface area contributed by atoms with E-state index in [9.17, 15) is 4.79 Å². The molecule has 0 radical (unpaired) electrons. The van der Waals surface area contributed by atoms with E-state index in [4.69, 9.17) is 10.1 Å². The van der Waals surface area contributed by atoms with Gasteiger partial charge in [-0.25, -0.2) is 4.98 Å². The standard InChI is InChI=1S/C17H17N3O2S/c1-20-13(9-10-18-20)11-12(5-4-8-16(21)22)17-19-14-6-2-3-7-15(14)23-17/h2-3,6-7,9-11H,4-5,8H2,1H3,(H,21,22)/b12-11+. The lowest BCUT2D eigenvalue weighted by Crippen LogP contribution is -1.96. The van der Waals surface area contributed by atoms with Gasteiger partial charge in [0.25, 0.3) is 0 Å². The minimum atomic E-state index is -0.769. The van der Waals surface area contributed by atoms with Crippen molar-refractivity contribution >= 4 is 39.2 Å². The number of aromatic nitrogens is 3. The van der Waals surface area contributed by atoms with Crippen molar-refractivity contribution in [3.8, 4) is 0 Å². The second-order valence-electron chi connectivity index (χ2n) is 5.28. The van der Waals surface area contributed by atoms with Crippen molar-refractivity contribution in [1.82, 2.24) is 14.8 Å². The van der Waals surface area contributed by atoms with Crippen molar-refractivity contribution in [2.75, 3.05) is 0 Å². The Bertz CT molecular complexity index is 830. The second-order valence-corrected chi connectivity index (χ2v) is 6.31. The van der Waals surface area contributed by atoms with E-state index in [1.165, 1.54) is 0 Å². The number of hydrogen-bond donors (Lipinski definition) is 1.